The molecular formula is C10H22N2O. The topological polar surface area (TPSA) is 46.3 Å². The highest BCUT2D eigenvalue weighted by molar-refractivity contribution is 5.81. The van der Waals surface area contributed by atoms with E-state index in [0.717, 1.165) is 13.0 Å². The molecule has 0 radical (unpaired) electrons. The number of hydrogen-bond donors (Lipinski definition) is 1. The summed E-state index contributed by atoms with van der Waals surface area (Å²) in [5.41, 5.74) is 5.69. The third-order valence-electron chi connectivity index (χ3n) is 2.50. The number of rotatable bonds is 5. The first-order valence-electron chi connectivity index (χ1n) is 5.14. The fraction of sp³-hybridized carbons (Fsp3) is 0.900. The molecular weight excluding hydrogens is 164 g/mol. The van der Waals surface area contributed by atoms with Crippen molar-refractivity contribution in [3.8, 4) is 0 Å². The van der Waals surface area contributed by atoms with Crippen molar-refractivity contribution in [1.82, 2.24) is 4.90 Å². The molecule has 2 N–H and O–H groups in total. The molecule has 78 valence electrons. The maximum absolute atomic E-state index is 11.7. The lowest BCUT2D eigenvalue weighted by Gasteiger charge is -2.29. The standard InChI is InChI=1S/C10H22N2O/c1-5-8(4)12(7-3)10(13)9(11)6-2/h8-9H,5-7,11H2,1-4H3. The van der Waals surface area contributed by atoms with Crippen LogP contribution < -0.4 is 5.73 Å². The van der Waals surface area contributed by atoms with E-state index in [1.165, 1.54) is 0 Å². The molecule has 3 nitrogen and oxygen atoms in total. The van der Waals surface area contributed by atoms with Gasteiger partial charge in [0.15, 0.2) is 0 Å². The first-order valence-corrected chi connectivity index (χ1v) is 5.14. The summed E-state index contributed by atoms with van der Waals surface area (Å²) in [7, 11) is 0. The second-order valence-electron chi connectivity index (χ2n) is 3.40. The van der Waals surface area contributed by atoms with Gasteiger partial charge in [0.25, 0.3) is 0 Å². The third-order valence-corrected chi connectivity index (χ3v) is 2.50. The summed E-state index contributed by atoms with van der Waals surface area (Å²) in [6, 6.07) is -0.0240. The molecule has 3 heteroatoms. The summed E-state index contributed by atoms with van der Waals surface area (Å²) in [6.45, 7) is 8.82. The Morgan fingerprint density at radius 1 is 1.31 bits per heavy atom. The summed E-state index contributed by atoms with van der Waals surface area (Å²) in [4.78, 5) is 13.6. The minimum absolute atomic E-state index is 0.0827. The Kier molecular flexibility index (Phi) is 5.71. The molecule has 0 aromatic carbocycles. The maximum atomic E-state index is 11.7. The largest absolute Gasteiger partial charge is 0.339 e. The molecule has 0 heterocycles. The van der Waals surface area contributed by atoms with Crippen LogP contribution in [0.1, 0.15) is 40.5 Å². The Balaban J connectivity index is 4.31. The van der Waals surface area contributed by atoms with Gasteiger partial charge in [-0.1, -0.05) is 13.8 Å². The average Bonchev–Trinajstić information content (AvgIpc) is 2.17. The molecule has 0 aliphatic heterocycles. The zero-order valence-electron chi connectivity index (χ0n) is 9.21. The number of amides is 1. The molecule has 0 saturated carbocycles. The first-order chi connectivity index (χ1) is 6.08. The molecule has 0 aliphatic rings. The van der Waals surface area contributed by atoms with Gasteiger partial charge in [-0.3, -0.25) is 4.79 Å². The minimum Gasteiger partial charge on any atom is -0.339 e. The van der Waals surface area contributed by atoms with E-state index in [-0.39, 0.29) is 11.9 Å². The Bertz CT molecular complexity index is 159. The number of nitrogens with zero attached hydrogens (tertiary/aromatic N) is 1. The first kappa shape index (κ1) is 12.4. The predicted octanol–water partition coefficient (Wildman–Crippen LogP) is 1.37. The van der Waals surface area contributed by atoms with Crippen LogP contribution in [0.2, 0.25) is 0 Å². The van der Waals surface area contributed by atoms with E-state index in [2.05, 4.69) is 13.8 Å². The molecule has 2 atom stereocenters. The van der Waals surface area contributed by atoms with Gasteiger partial charge in [-0.05, 0) is 26.7 Å². The molecule has 0 spiro atoms. The molecule has 13 heavy (non-hydrogen) atoms. The van der Waals surface area contributed by atoms with Gasteiger partial charge in [0.05, 0.1) is 6.04 Å². The van der Waals surface area contributed by atoms with Crippen molar-refractivity contribution < 1.29 is 4.79 Å². The number of nitrogens with two attached hydrogens (primary N) is 1. The van der Waals surface area contributed by atoms with E-state index in [9.17, 15) is 4.79 Å². The van der Waals surface area contributed by atoms with Crippen molar-refractivity contribution in [3.05, 3.63) is 0 Å². The normalized spacial score (nSPS) is 15.2. The quantitative estimate of drug-likeness (QED) is 0.705. The van der Waals surface area contributed by atoms with Crippen molar-refractivity contribution in [2.75, 3.05) is 6.54 Å². The third kappa shape index (κ3) is 3.35. The molecule has 0 aliphatic carbocycles. The number of likely N-dealkylation sites (N-methyl/N-ethyl adjacent to an activating group) is 1. The highest BCUT2D eigenvalue weighted by atomic mass is 16.2. The second kappa shape index (κ2) is 5.97. The smallest absolute Gasteiger partial charge is 0.239 e. The predicted molar refractivity (Wildman–Crippen MR) is 55.4 cm³/mol. The fourth-order valence-electron chi connectivity index (χ4n) is 1.29. The highest BCUT2D eigenvalue weighted by Crippen LogP contribution is 2.06. The molecule has 0 aromatic rings. The fourth-order valence-corrected chi connectivity index (χ4v) is 1.29. The van der Waals surface area contributed by atoms with Crippen LogP contribution in [-0.4, -0.2) is 29.4 Å². The van der Waals surface area contributed by atoms with Crippen molar-refractivity contribution in [2.45, 2.75) is 52.6 Å². The zero-order chi connectivity index (χ0) is 10.4. The van der Waals surface area contributed by atoms with Crippen LogP contribution in [0.3, 0.4) is 0 Å². The number of carbonyl (C=O) groups is 1. The number of hydrogen-bond acceptors (Lipinski definition) is 2. The molecule has 2 unspecified atom stereocenters. The van der Waals surface area contributed by atoms with Crippen LogP contribution in [0.4, 0.5) is 0 Å². The van der Waals surface area contributed by atoms with Crippen LogP contribution in [0.5, 0.6) is 0 Å². The lowest BCUT2D eigenvalue weighted by atomic mass is 10.1. The summed E-state index contributed by atoms with van der Waals surface area (Å²) < 4.78 is 0. The summed E-state index contributed by atoms with van der Waals surface area (Å²) in [6.07, 6.45) is 1.70. The van der Waals surface area contributed by atoms with E-state index in [1.54, 1.807) is 0 Å². The Hall–Kier alpha value is -0.570. The van der Waals surface area contributed by atoms with Gasteiger partial charge in [0.2, 0.25) is 5.91 Å². The van der Waals surface area contributed by atoms with Crippen molar-refractivity contribution in [1.29, 1.82) is 0 Å². The van der Waals surface area contributed by atoms with Crippen molar-refractivity contribution in [2.24, 2.45) is 5.73 Å². The highest BCUT2D eigenvalue weighted by Gasteiger charge is 2.21. The van der Waals surface area contributed by atoms with Gasteiger partial charge in [-0.15, -0.1) is 0 Å². The van der Waals surface area contributed by atoms with Gasteiger partial charge in [0, 0.05) is 12.6 Å². The Morgan fingerprint density at radius 3 is 2.15 bits per heavy atom. The van der Waals surface area contributed by atoms with Crippen LogP contribution in [0.25, 0.3) is 0 Å². The van der Waals surface area contributed by atoms with Crippen LogP contribution >= 0.6 is 0 Å². The average molecular weight is 186 g/mol. The monoisotopic (exact) mass is 186 g/mol. The van der Waals surface area contributed by atoms with Gasteiger partial charge in [-0.2, -0.15) is 0 Å². The lowest BCUT2D eigenvalue weighted by molar-refractivity contribution is -0.134. The van der Waals surface area contributed by atoms with E-state index in [0.29, 0.717) is 12.5 Å². The van der Waals surface area contributed by atoms with Crippen LogP contribution in [0.15, 0.2) is 0 Å². The molecule has 1 amide bonds. The lowest BCUT2D eigenvalue weighted by Crippen LogP contribution is -2.47. The second-order valence-corrected chi connectivity index (χ2v) is 3.40. The molecule has 0 aromatic heterocycles. The van der Waals surface area contributed by atoms with E-state index < -0.39 is 0 Å². The van der Waals surface area contributed by atoms with E-state index >= 15 is 0 Å². The van der Waals surface area contributed by atoms with Gasteiger partial charge in [0.1, 0.15) is 0 Å². The van der Waals surface area contributed by atoms with Crippen molar-refractivity contribution >= 4 is 5.91 Å². The van der Waals surface area contributed by atoms with Crippen molar-refractivity contribution in [3.63, 3.8) is 0 Å². The minimum atomic E-state index is -0.325. The van der Waals surface area contributed by atoms with Gasteiger partial charge >= 0.3 is 0 Å². The van der Waals surface area contributed by atoms with Crippen LogP contribution in [0, 0.1) is 0 Å². The van der Waals surface area contributed by atoms with Gasteiger partial charge in [-0.25, -0.2) is 0 Å². The molecule has 0 bridgehead atoms. The molecule has 0 rings (SSSR count). The SMILES string of the molecule is CCC(N)C(=O)N(CC)C(C)CC. The number of carbonyl (C=O) groups excluding carboxylic acids is 1. The summed E-state index contributed by atoms with van der Waals surface area (Å²) in [5.74, 6) is 0.0827. The van der Waals surface area contributed by atoms with E-state index in [1.807, 2.05) is 18.7 Å². The Labute approximate surface area is 81.3 Å². The van der Waals surface area contributed by atoms with E-state index in [4.69, 9.17) is 5.73 Å². The Morgan fingerprint density at radius 2 is 1.85 bits per heavy atom. The summed E-state index contributed by atoms with van der Waals surface area (Å²) in [5, 5.41) is 0. The maximum Gasteiger partial charge on any atom is 0.239 e. The summed E-state index contributed by atoms with van der Waals surface area (Å²) >= 11 is 0. The zero-order valence-corrected chi connectivity index (χ0v) is 9.21. The molecule has 0 saturated heterocycles. The van der Waals surface area contributed by atoms with Gasteiger partial charge < -0.3 is 10.6 Å². The molecule has 0 fully saturated rings. The van der Waals surface area contributed by atoms with Crippen LogP contribution in [-0.2, 0) is 4.79 Å².